The van der Waals surface area contributed by atoms with Crippen LogP contribution in [-0.4, -0.2) is 13.2 Å². The second-order valence-electron chi connectivity index (χ2n) is 4.35. The highest BCUT2D eigenvalue weighted by Gasteiger charge is 2.10. The van der Waals surface area contributed by atoms with Gasteiger partial charge in [0.25, 0.3) is 0 Å². The third kappa shape index (κ3) is 1.98. The first-order valence-electron chi connectivity index (χ1n) is 5.91. The van der Waals surface area contributed by atoms with E-state index in [1.165, 1.54) is 16.7 Å². The molecule has 0 spiro atoms. The molecule has 0 fully saturated rings. The fraction of sp³-hybridized carbons (Fsp3) is 0.200. The average molecular weight is 225 g/mol. The number of rotatable bonds is 1. The van der Waals surface area contributed by atoms with Crippen molar-refractivity contribution in [2.45, 2.75) is 6.92 Å². The Balaban J connectivity index is 2.01. The third-order valence-electron chi connectivity index (χ3n) is 3.04. The molecular weight excluding hydrogens is 210 g/mol. The molecule has 2 aromatic carbocycles. The molecule has 1 aliphatic heterocycles. The molecule has 0 aliphatic carbocycles. The largest absolute Gasteiger partial charge is 0.490 e. The fourth-order valence-electron chi connectivity index (χ4n) is 2.07. The monoisotopic (exact) mass is 225 g/mol. The Morgan fingerprint density at radius 2 is 1.76 bits per heavy atom. The molecule has 0 radical (unpaired) electrons. The molecule has 0 aromatic heterocycles. The van der Waals surface area contributed by atoms with Crippen LogP contribution in [-0.2, 0) is 0 Å². The summed E-state index contributed by atoms with van der Waals surface area (Å²) in [6.07, 6.45) is 0. The molecule has 86 valence electrons. The van der Waals surface area contributed by atoms with E-state index in [2.05, 4.69) is 48.6 Å². The normalized spacial score (nSPS) is 13.5. The zero-order chi connectivity index (χ0) is 11.7. The number of aryl methyl sites for hydroxylation is 1. The van der Waals surface area contributed by atoms with Gasteiger partial charge in [0.2, 0.25) is 0 Å². The van der Waals surface area contributed by atoms with Crippen molar-refractivity contribution >= 4 is 5.69 Å². The first-order chi connectivity index (χ1) is 8.33. The average Bonchev–Trinajstić information content (AvgIpc) is 2.39. The highest BCUT2D eigenvalue weighted by Crippen LogP contribution is 2.32. The summed E-state index contributed by atoms with van der Waals surface area (Å²) in [6.45, 7) is 3.73. The van der Waals surface area contributed by atoms with Crippen LogP contribution in [0, 0.1) is 6.92 Å². The molecule has 2 heteroatoms. The summed E-state index contributed by atoms with van der Waals surface area (Å²) in [5.74, 6) is 0.951. The summed E-state index contributed by atoms with van der Waals surface area (Å²) in [4.78, 5) is 0. The summed E-state index contributed by atoms with van der Waals surface area (Å²) < 4.78 is 5.57. The second kappa shape index (κ2) is 4.13. The van der Waals surface area contributed by atoms with E-state index < -0.39 is 0 Å². The van der Waals surface area contributed by atoms with Gasteiger partial charge in [-0.1, -0.05) is 35.9 Å². The van der Waals surface area contributed by atoms with Gasteiger partial charge >= 0.3 is 0 Å². The molecule has 0 amide bonds. The van der Waals surface area contributed by atoms with Gasteiger partial charge in [-0.15, -0.1) is 0 Å². The number of fused-ring (bicyclic) bond motifs is 1. The van der Waals surface area contributed by atoms with Crippen LogP contribution in [0.3, 0.4) is 0 Å². The van der Waals surface area contributed by atoms with E-state index in [4.69, 9.17) is 4.74 Å². The Morgan fingerprint density at radius 1 is 1.00 bits per heavy atom. The highest BCUT2D eigenvalue weighted by molar-refractivity contribution is 5.72. The zero-order valence-electron chi connectivity index (χ0n) is 9.86. The molecule has 1 N–H and O–H groups in total. The number of benzene rings is 2. The number of hydrogen-bond acceptors (Lipinski definition) is 2. The minimum atomic E-state index is 0.747. The Morgan fingerprint density at radius 3 is 2.59 bits per heavy atom. The maximum atomic E-state index is 5.57. The molecular formula is C15H15NO. The fourth-order valence-corrected chi connectivity index (χ4v) is 2.07. The van der Waals surface area contributed by atoms with Crippen LogP contribution in [0.25, 0.3) is 11.1 Å². The van der Waals surface area contributed by atoms with Gasteiger partial charge in [-0.05, 0) is 30.2 Å². The van der Waals surface area contributed by atoms with Gasteiger partial charge in [0.05, 0.1) is 5.69 Å². The van der Waals surface area contributed by atoms with Gasteiger partial charge in [0.15, 0.2) is 0 Å². The van der Waals surface area contributed by atoms with E-state index in [1.807, 2.05) is 6.07 Å². The lowest BCUT2D eigenvalue weighted by Crippen LogP contribution is -2.17. The minimum Gasteiger partial charge on any atom is -0.490 e. The van der Waals surface area contributed by atoms with Crippen LogP contribution < -0.4 is 10.1 Å². The second-order valence-corrected chi connectivity index (χ2v) is 4.35. The molecule has 0 bridgehead atoms. The van der Waals surface area contributed by atoms with Crippen LogP contribution >= 0.6 is 0 Å². The van der Waals surface area contributed by atoms with Crippen molar-refractivity contribution in [2.24, 2.45) is 0 Å². The van der Waals surface area contributed by atoms with Gasteiger partial charge in [0, 0.05) is 6.54 Å². The lowest BCUT2D eigenvalue weighted by atomic mass is 10.0. The van der Waals surface area contributed by atoms with Gasteiger partial charge < -0.3 is 10.1 Å². The first kappa shape index (κ1) is 10.2. The first-order valence-corrected chi connectivity index (χ1v) is 5.91. The molecule has 2 aromatic rings. The van der Waals surface area contributed by atoms with Crippen LogP contribution in [0.1, 0.15) is 5.56 Å². The molecule has 0 saturated heterocycles. The number of anilines is 1. The van der Waals surface area contributed by atoms with E-state index in [0.29, 0.717) is 0 Å². The maximum absolute atomic E-state index is 5.57. The predicted octanol–water partition coefficient (Wildman–Crippen LogP) is 3.47. The lowest BCUT2D eigenvalue weighted by Gasteiger charge is -2.19. The van der Waals surface area contributed by atoms with Gasteiger partial charge in [-0.3, -0.25) is 0 Å². The quantitative estimate of drug-likeness (QED) is 0.802. The molecule has 1 heterocycles. The molecule has 0 unspecified atom stereocenters. The van der Waals surface area contributed by atoms with Crippen molar-refractivity contribution in [1.29, 1.82) is 0 Å². The zero-order valence-corrected chi connectivity index (χ0v) is 9.86. The van der Waals surface area contributed by atoms with Crippen molar-refractivity contribution in [3.05, 3.63) is 48.0 Å². The Bertz CT molecular complexity index is 531. The SMILES string of the molecule is Cc1ccc(-c2ccc3c(c2)NCCO3)cc1. The predicted molar refractivity (Wildman–Crippen MR) is 70.6 cm³/mol. The molecule has 0 atom stereocenters. The summed E-state index contributed by atoms with van der Waals surface area (Å²) in [7, 11) is 0. The number of hydrogen-bond donors (Lipinski definition) is 1. The van der Waals surface area contributed by atoms with Crippen LogP contribution in [0.4, 0.5) is 5.69 Å². The van der Waals surface area contributed by atoms with E-state index in [9.17, 15) is 0 Å². The standard InChI is InChI=1S/C15H15NO/c1-11-2-4-12(5-3-11)13-6-7-15-14(10-13)16-8-9-17-15/h2-7,10,16H,8-9H2,1H3. The summed E-state index contributed by atoms with van der Waals surface area (Å²) in [6, 6.07) is 14.9. The Hall–Kier alpha value is -1.96. The van der Waals surface area contributed by atoms with Gasteiger partial charge in [-0.25, -0.2) is 0 Å². The van der Waals surface area contributed by atoms with Gasteiger partial charge in [0.1, 0.15) is 12.4 Å². The van der Waals surface area contributed by atoms with Crippen molar-refractivity contribution in [1.82, 2.24) is 0 Å². The number of nitrogens with one attached hydrogen (secondary N) is 1. The van der Waals surface area contributed by atoms with E-state index in [1.54, 1.807) is 0 Å². The molecule has 1 aliphatic rings. The summed E-state index contributed by atoms with van der Waals surface area (Å²) in [5, 5.41) is 3.36. The van der Waals surface area contributed by atoms with Crippen molar-refractivity contribution in [2.75, 3.05) is 18.5 Å². The van der Waals surface area contributed by atoms with Crippen LogP contribution in [0.15, 0.2) is 42.5 Å². The number of ether oxygens (including phenoxy) is 1. The molecule has 17 heavy (non-hydrogen) atoms. The minimum absolute atomic E-state index is 0.747. The van der Waals surface area contributed by atoms with E-state index in [-0.39, 0.29) is 0 Å². The highest BCUT2D eigenvalue weighted by atomic mass is 16.5. The van der Waals surface area contributed by atoms with Crippen molar-refractivity contribution in [3.63, 3.8) is 0 Å². The summed E-state index contributed by atoms with van der Waals surface area (Å²) in [5.41, 5.74) is 4.84. The van der Waals surface area contributed by atoms with Gasteiger partial charge in [-0.2, -0.15) is 0 Å². The van der Waals surface area contributed by atoms with Crippen LogP contribution in [0.5, 0.6) is 5.75 Å². The molecule has 0 saturated carbocycles. The molecule has 2 nitrogen and oxygen atoms in total. The Labute approximate surface area is 101 Å². The Kier molecular flexibility index (Phi) is 2.48. The maximum Gasteiger partial charge on any atom is 0.142 e. The van der Waals surface area contributed by atoms with Crippen molar-refractivity contribution < 1.29 is 4.74 Å². The molecule has 3 rings (SSSR count). The smallest absolute Gasteiger partial charge is 0.142 e. The van der Waals surface area contributed by atoms with Crippen LogP contribution in [0.2, 0.25) is 0 Å². The topological polar surface area (TPSA) is 21.3 Å². The van der Waals surface area contributed by atoms with E-state index >= 15 is 0 Å². The summed E-state index contributed by atoms with van der Waals surface area (Å²) >= 11 is 0. The van der Waals surface area contributed by atoms with Crippen molar-refractivity contribution in [3.8, 4) is 16.9 Å². The lowest BCUT2D eigenvalue weighted by molar-refractivity contribution is 0.323. The third-order valence-corrected chi connectivity index (χ3v) is 3.04. The van der Waals surface area contributed by atoms with E-state index in [0.717, 1.165) is 24.6 Å².